The van der Waals surface area contributed by atoms with Crippen LogP contribution in [0.3, 0.4) is 0 Å². The molecule has 3 N–H and O–H groups in total. The Bertz CT molecular complexity index is 459. The van der Waals surface area contributed by atoms with Crippen LogP contribution in [0, 0.1) is 18.6 Å². The predicted molar refractivity (Wildman–Crippen MR) is 69.4 cm³/mol. The topological polar surface area (TPSA) is 47.3 Å². The fourth-order valence-corrected chi connectivity index (χ4v) is 3.03. The monoisotopic (exact) mass is 270 g/mol. The Labute approximate surface area is 112 Å². The van der Waals surface area contributed by atoms with Crippen molar-refractivity contribution in [2.24, 2.45) is 5.84 Å². The summed E-state index contributed by atoms with van der Waals surface area (Å²) in [4.78, 5) is 0. The van der Waals surface area contributed by atoms with Crippen molar-refractivity contribution < 1.29 is 13.5 Å². The van der Waals surface area contributed by atoms with E-state index >= 15 is 0 Å². The average molecular weight is 270 g/mol. The highest BCUT2D eigenvalue weighted by molar-refractivity contribution is 5.31. The van der Waals surface area contributed by atoms with Crippen molar-refractivity contribution in [2.75, 3.05) is 7.11 Å². The first-order chi connectivity index (χ1) is 9.05. The van der Waals surface area contributed by atoms with Gasteiger partial charge in [0.25, 0.3) is 0 Å². The first-order valence-corrected chi connectivity index (χ1v) is 6.51. The van der Waals surface area contributed by atoms with Gasteiger partial charge < -0.3 is 4.74 Å². The van der Waals surface area contributed by atoms with E-state index in [1.807, 2.05) is 0 Å². The third-order valence-corrected chi connectivity index (χ3v) is 4.16. The Morgan fingerprint density at radius 2 is 1.95 bits per heavy atom. The number of nitrogens with two attached hydrogens (primary N) is 1. The lowest BCUT2D eigenvalue weighted by molar-refractivity contribution is -0.0386. The van der Waals surface area contributed by atoms with E-state index in [0.29, 0.717) is 5.56 Å². The highest BCUT2D eigenvalue weighted by Gasteiger charge is 2.44. The van der Waals surface area contributed by atoms with Gasteiger partial charge in [-0.3, -0.25) is 5.84 Å². The summed E-state index contributed by atoms with van der Waals surface area (Å²) in [5, 5.41) is 0. The number of halogens is 2. The Morgan fingerprint density at radius 3 is 2.47 bits per heavy atom. The van der Waals surface area contributed by atoms with Crippen LogP contribution in [-0.2, 0) is 4.74 Å². The highest BCUT2D eigenvalue weighted by atomic mass is 19.1. The molecule has 1 aliphatic carbocycles. The van der Waals surface area contributed by atoms with E-state index in [1.54, 1.807) is 14.0 Å². The van der Waals surface area contributed by atoms with Gasteiger partial charge in [0.05, 0.1) is 11.6 Å². The number of methoxy groups -OCH3 is 1. The normalized spacial score (nSPS) is 19.6. The quantitative estimate of drug-likeness (QED) is 0.653. The first-order valence-electron chi connectivity index (χ1n) is 6.51. The number of hydrogen-bond acceptors (Lipinski definition) is 3. The van der Waals surface area contributed by atoms with Crippen LogP contribution in [0.2, 0.25) is 0 Å². The summed E-state index contributed by atoms with van der Waals surface area (Å²) in [7, 11) is 1.57. The van der Waals surface area contributed by atoms with Gasteiger partial charge in [0.1, 0.15) is 11.6 Å². The van der Waals surface area contributed by atoms with Crippen molar-refractivity contribution in [3.63, 3.8) is 0 Å². The zero-order chi connectivity index (χ0) is 14.0. The number of rotatable bonds is 4. The molecule has 0 aromatic heterocycles. The molecule has 0 radical (unpaired) electrons. The molecule has 1 aliphatic rings. The fraction of sp³-hybridized carbons (Fsp3) is 0.571. The van der Waals surface area contributed by atoms with Crippen molar-refractivity contribution in [1.82, 2.24) is 5.43 Å². The third-order valence-electron chi connectivity index (χ3n) is 4.16. The molecule has 106 valence electrons. The molecule has 0 bridgehead atoms. The number of hydrazine groups is 1. The van der Waals surface area contributed by atoms with Gasteiger partial charge in [-0.05, 0) is 31.4 Å². The molecule has 1 aromatic carbocycles. The second-order valence-corrected chi connectivity index (χ2v) is 5.17. The summed E-state index contributed by atoms with van der Waals surface area (Å²) >= 11 is 0. The van der Waals surface area contributed by atoms with Gasteiger partial charge in [-0.15, -0.1) is 0 Å². The minimum Gasteiger partial charge on any atom is -0.376 e. The van der Waals surface area contributed by atoms with Crippen LogP contribution in [0.1, 0.15) is 42.9 Å². The largest absolute Gasteiger partial charge is 0.376 e. The molecule has 0 heterocycles. The van der Waals surface area contributed by atoms with Crippen molar-refractivity contribution in [3.8, 4) is 0 Å². The lowest BCUT2D eigenvalue weighted by atomic mass is 9.86. The van der Waals surface area contributed by atoms with E-state index < -0.39 is 23.3 Å². The standard InChI is InChI=1S/C14H20F2N2O/c1-9-5-6-10(15)11(12(9)16)13(18-17)14(19-2)7-3-4-8-14/h5-6,13,18H,3-4,7-8,17H2,1-2H3. The molecule has 0 aliphatic heterocycles. The van der Waals surface area contributed by atoms with Crippen molar-refractivity contribution in [1.29, 1.82) is 0 Å². The average Bonchev–Trinajstić information content (AvgIpc) is 2.89. The molecule has 1 fully saturated rings. The summed E-state index contributed by atoms with van der Waals surface area (Å²) in [5.41, 5.74) is 2.30. The van der Waals surface area contributed by atoms with Gasteiger partial charge in [0, 0.05) is 12.7 Å². The van der Waals surface area contributed by atoms with Crippen LogP contribution >= 0.6 is 0 Å². The zero-order valence-corrected chi connectivity index (χ0v) is 11.3. The molecule has 1 atom stereocenters. The molecular weight excluding hydrogens is 250 g/mol. The molecule has 0 saturated heterocycles. The smallest absolute Gasteiger partial charge is 0.133 e. The molecule has 1 unspecified atom stereocenters. The molecule has 19 heavy (non-hydrogen) atoms. The molecule has 5 heteroatoms. The Morgan fingerprint density at radius 1 is 1.32 bits per heavy atom. The summed E-state index contributed by atoms with van der Waals surface area (Å²) in [5.74, 6) is 4.43. The van der Waals surface area contributed by atoms with Crippen LogP contribution in [0.4, 0.5) is 8.78 Å². The first kappa shape index (κ1) is 14.4. The molecule has 1 aromatic rings. The maximum Gasteiger partial charge on any atom is 0.133 e. The van der Waals surface area contributed by atoms with Gasteiger partial charge in [0.15, 0.2) is 0 Å². The molecule has 0 amide bonds. The van der Waals surface area contributed by atoms with Gasteiger partial charge in [-0.25, -0.2) is 14.2 Å². The summed E-state index contributed by atoms with van der Waals surface area (Å²) in [6.45, 7) is 1.61. The molecule has 0 spiro atoms. The second kappa shape index (κ2) is 5.53. The lowest BCUT2D eigenvalue weighted by Gasteiger charge is -2.36. The summed E-state index contributed by atoms with van der Waals surface area (Å²) in [6.07, 6.45) is 3.43. The predicted octanol–water partition coefficient (Wildman–Crippen LogP) is 2.74. The van der Waals surface area contributed by atoms with Crippen molar-refractivity contribution >= 4 is 0 Å². The molecule has 3 nitrogen and oxygen atoms in total. The highest BCUT2D eigenvalue weighted by Crippen LogP contribution is 2.43. The molecule has 2 rings (SSSR count). The zero-order valence-electron chi connectivity index (χ0n) is 11.3. The lowest BCUT2D eigenvalue weighted by Crippen LogP contribution is -2.47. The second-order valence-electron chi connectivity index (χ2n) is 5.17. The maximum absolute atomic E-state index is 14.3. The van der Waals surface area contributed by atoms with Gasteiger partial charge >= 0.3 is 0 Å². The van der Waals surface area contributed by atoms with E-state index in [9.17, 15) is 8.78 Å². The molecular formula is C14H20F2N2O. The van der Waals surface area contributed by atoms with Crippen LogP contribution in [-0.4, -0.2) is 12.7 Å². The third kappa shape index (κ3) is 2.38. The number of benzene rings is 1. The molecule has 1 saturated carbocycles. The van der Waals surface area contributed by atoms with E-state index in [4.69, 9.17) is 10.6 Å². The minimum absolute atomic E-state index is 0.0220. The van der Waals surface area contributed by atoms with Crippen molar-refractivity contribution in [2.45, 2.75) is 44.2 Å². The summed E-state index contributed by atoms with van der Waals surface area (Å²) in [6, 6.07) is 2.02. The number of hydrogen-bond donors (Lipinski definition) is 2. The summed E-state index contributed by atoms with van der Waals surface area (Å²) < 4.78 is 33.9. The Balaban J connectivity index is 2.50. The van der Waals surface area contributed by atoms with E-state index in [0.717, 1.165) is 25.7 Å². The van der Waals surface area contributed by atoms with E-state index in [1.165, 1.54) is 12.1 Å². The van der Waals surface area contributed by atoms with Crippen LogP contribution in [0.25, 0.3) is 0 Å². The fourth-order valence-electron chi connectivity index (χ4n) is 3.03. The number of ether oxygens (including phenoxy) is 1. The van der Waals surface area contributed by atoms with E-state index in [-0.39, 0.29) is 5.56 Å². The van der Waals surface area contributed by atoms with Crippen LogP contribution in [0.15, 0.2) is 12.1 Å². The van der Waals surface area contributed by atoms with Gasteiger partial charge in [0.2, 0.25) is 0 Å². The van der Waals surface area contributed by atoms with E-state index in [2.05, 4.69) is 5.43 Å². The number of aryl methyl sites for hydroxylation is 1. The van der Waals surface area contributed by atoms with Gasteiger partial charge in [-0.1, -0.05) is 18.9 Å². The maximum atomic E-state index is 14.3. The van der Waals surface area contributed by atoms with Crippen molar-refractivity contribution in [3.05, 3.63) is 34.9 Å². The van der Waals surface area contributed by atoms with Gasteiger partial charge in [-0.2, -0.15) is 0 Å². The van der Waals surface area contributed by atoms with Crippen LogP contribution < -0.4 is 11.3 Å². The van der Waals surface area contributed by atoms with Crippen LogP contribution in [0.5, 0.6) is 0 Å². The number of nitrogens with one attached hydrogen (secondary N) is 1. The SMILES string of the molecule is COC1(C(NN)c2c(F)ccc(C)c2F)CCCC1. The Kier molecular flexibility index (Phi) is 4.18. The Hall–Kier alpha value is -1.04. The minimum atomic E-state index is -0.681.